The van der Waals surface area contributed by atoms with Crippen LogP contribution in [0.25, 0.3) is 22.2 Å². The monoisotopic (exact) mass is 584 g/mol. The third-order valence-electron chi connectivity index (χ3n) is 7.63. The lowest BCUT2D eigenvalue weighted by Crippen LogP contribution is -2.49. The van der Waals surface area contributed by atoms with Crippen LogP contribution in [0.5, 0.6) is 0 Å². The van der Waals surface area contributed by atoms with Gasteiger partial charge in [-0.05, 0) is 77.6 Å². The molecular formula is C31H36N8O4. The predicted octanol–water partition coefficient (Wildman–Crippen LogP) is 3.20. The van der Waals surface area contributed by atoms with Gasteiger partial charge in [0.1, 0.15) is 5.60 Å². The SMILES string of the molecule is CC#CCn1c(N2CCC[C@@H](NC(=O)OC(C)(C)C)C2)nc2c1c(=O)n(Cc1ccc3ncccc3n1)c(=O)n2C1CC1. The van der Waals surface area contributed by atoms with Gasteiger partial charge >= 0.3 is 11.8 Å². The first-order valence-corrected chi connectivity index (χ1v) is 14.7. The lowest BCUT2D eigenvalue weighted by molar-refractivity contribution is 0.0499. The van der Waals surface area contributed by atoms with Crippen LogP contribution in [0, 0.1) is 11.8 Å². The molecule has 1 aliphatic carbocycles. The molecular weight excluding hydrogens is 548 g/mol. The first-order chi connectivity index (χ1) is 20.6. The van der Waals surface area contributed by atoms with Crippen LogP contribution in [-0.2, 0) is 17.8 Å². The van der Waals surface area contributed by atoms with Crippen LogP contribution in [0.3, 0.4) is 0 Å². The number of aromatic nitrogens is 6. The summed E-state index contributed by atoms with van der Waals surface area (Å²) >= 11 is 0. The molecule has 2 aliphatic rings. The van der Waals surface area contributed by atoms with Gasteiger partial charge in [-0.2, -0.15) is 4.98 Å². The third-order valence-corrected chi connectivity index (χ3v) is 7.63. The average molecular weight is 585 g/mol. The van der Waals surface area contributed by atoms with E-state index in [9.17, 15) is 14.4 Å². The van der Waals surface area contributed by atoms with Crippen molar-refractivity contribution >= 4 is 34.2 Å². The molecule has 1 N–H and O–H groups in total. The van der Waals surface area contributed by atoms with Crippen LogP contribution < -0.4 is 21.5 Å². The van der Waals surface area contributed by atoms with E-state index in [-0.39, 0.29) is 25.2 Å². The summed E-state index contributed by atoms with van der Waals surface area (Å²) in [5, 5.41) is 2.98. The van der Waals surface area contributed by atoms with Gasteiger partial charge < -0.3 is 15.0 Å². The highest BCUT2D eigenvalue weighted by molar-refractivity contribution is 5.76. The van der Waals surface area contributed by atoms with E-state index in [0.29, 0.717) is 41.4 Å². The number of alkyl carbamates (subject to hydrolysis) is 1. The maximum Gasteiger partial charge on any atom is 0.407 e. The molecule has 1 saturated carbocycles. The highest BCUT2D eigenvalue weighted by Gasteiger charge is 2.33. The molecule has 1 atom stereocenters. The summed E-state index contributed by atoms with van der Waals surface area (Å²) in [6.45, 7) is 8.67. The number of imidazole rings is 1. The van der Waals surface area contributed by atoms with Crippen LogP contribution in [-0.4, -0.2) is 59.5 Å². The van der Waals surface area contributed by atoms with E-state index in [4.69, 9.17) is 9.72 Å². The largest absolute Gasteiger partial charge is 0.444 e. The first-order valence-electron chi connectivity index (χ1n) is 14.7. The molecule has 4 aromatic rings. The summed E-state index contributed by atoms with van der Waals surface area (Å²) in [4.78, 5) is 56.5. The van der Waals surface area contributed by atoms with E-state index in [1.807, 2.05) is 37.5 Å². The lowest BCUT2D eigenvalue weighted by Gasteiger charge is -2.34. The fourth-order valence-corrected chi connectivity index (χ4v) is 5.59. The topological polar surface area (TPSA) is 129 Å². The molecule has 5 heterocycles. The molecule has 12 nitrogen and oxygen atoms in total. The molecule has 1 saturated heterocycles. The maximum absolute atomic E-state index is 14.1. The van der Waals surface area contributed by atoms with E-state index in [1.165, 1.54) is 4.57 Å². The molecule has 4 aromatic heterocycles. The Morgan fingerprint density at radius 2 is 1.91 bits per heavy atom. The minimum Gasteiger partial charge on any atom is -0.444 e. The molecule has 12 heteroatoms. The number of nitrogens with zero attached hydrogens (tertiary/aromatic N) is 7. The Morgan fingerprint density at radius 3 is 2.65 bits per heavy atom. The second-order valence-corrected chi connectivity index (χ2v) is 12.1. The van der Waals surface area contributed by atoms with Gasteiger partial charge in [-0.1, -0.05) is 5.92 Å². The number of hydrogen-bond acceptors (Lipinski definition) is 8. The van der Waals surface area contributed by atoms with Crippen LogP contribution >= 0.6 is 0 Å². The van der Waals surface area contributed by atoms with Crippen molar-refractivity contribution in [3.8, 4) is 11.8 Å². The van der Waals surface area contributed by atoms with Gasteiger partial charge in [0.2, 0.25) is 5.95 Å². The summed E-state index contributed by atoms with van der Waals surface area (Å²) in [7, 11) is 0. The molecule has 0 aromatic carbocycles. The molecule has 6 rings (SSSR count). The van der Waals surface area contributed by atoms with Crippen LogP contribution in [0.4, 0.5) is 10.7 Å². The second kappa shape index (κ2) is 11.2. The molecule has 0 spiro atoms. The summed E-state index contributed by atoms with van der Waals surface area (Å²) in [6.07, 6.45) is 4.52. The summed E-state index contributed by atoms with van der Waals surface area (Å²) < 4.78 is 10.2. The van der Waals surface area contributed by atoms with Gasteiger partial charge in [0, 0.05) is 31.4 Å². The highest BCUT2D eigenvalue weighted by atomic mass is 16.6. The summed E-state index contributed by atoms with van der Waals surface area (Å²) in [6, 6.07) is 7.12. The van der Waals surface area contributed by atoms with Gasteiger partial charge in [0.15, 0.2) is 11.2 Å². The average Bonchev–Trinajstić information content (AvgIpc) is 3.73. The van der Waals surface area contributed by atoms with E-state index in [1.54, 1.807) is 29.8 Å². The fourth-order valence-electron chi connectivity index (χ4n) is 5.59. The molecule has 0 bridgehead atoms. The van der Waals surface area contributed by atoms with E-state index in [2.05, 4.69) is 32.0 Å². The lowest BCUT2D eigenvalue weighted by atomic mass is 10.1. The van der Waals surface area contributed by atoms with Crippen LogP contribution in [0.15, 0.2) is 40.1 Å². The Kier molecular flexibility index (Phi) is 7.42. The van der Waals surface area contributed by atoms with Crippen molar-refractivity contribution in [2.24, 2.45) is 0 Å². The number of pyridine rings is 2. The summed E-state index contributed by atoms with van der Waals surface area (Å²) in [5.41, 5.74) is 1.32. The van der Waals surface area contributed by atoms with Crippen molar-refractivity contribution in [2.45, 2.75) is 84.2 Å². The molecule has 224 valence electrons. The van der Waals surface area contributed by atoms with E-state index < -0.39 is 22.9 Å². The number of rotatable bonds is 6. The third kappa shape index (κ3) is 5.84. The minimum atomic E-state index is -0.600. The van der Waals surface area contributed by atoms with Crippen molar-refractivity contribution in [2.75, 3.05) is 18.0 Å². The molecule has 1 amide bonds. The number of nitrogens with one attached hydrogen (secondary N) is 1. The molecule has 2 fully saturated rings. The number of anilines is 1. The summed E-state index contributed by atoms with van der Waals surface area (Å²) in [5.74, 6) is 6.58. The molecule has 0 radical (unpaired) electrons. The van der Waals surface area contributed by atoms with E-state index >= 15 is 0 Å². The fraction of sp³-hybridized carbons (Fsp3) is 0.484. The van der Waals surface area contributed by atoms with Gasteiger partial charge in [-0.3, -0.25) is 23.5 Å². The molecule has 1 aliphatic heterocycles. The standard InChI is InChI=1S/C31H36N8O4/c1-5-6-17-37-25-26(35-28(37)36-16-8-9-20(18-36)34-29(41)43-31(2,3)4)39(22-12-13-22)30(42)38(27(25)40)19-21-11-14-23-24(33-21)10-7-15-32-23/h7,10-11,14-15,20,22H,8-9,12-13,16-19H2,1-4H3,(H,34,41)/t20-/m1/s1. The number of amides is 1. The number of fused-ring (bicyclic) bond motifs is 2. The van der Waals surface area contributed by atoms with Gasteiger partial charge in [0.05, 0.1) is 29.8 Å². The number of hydrogen-bond donors (Lipinski definition) is 1. The smallest absolute Gasteiger partial charge is 0.407 e. The zero-order valence-corrected chi connectivity index (χ0v) is 25.0. The molecule has 0 unspecified atom stereocenters. The van der Waals surface area contributed by atoms with Crippen molar-refractivity contribution in [3.05, 3.63) is 57.0 Å². The van der Waals surface area contributed by atoms with E-state index in [0.717, 1.165) is 31.2 Å². The molecule has 43 heavy (non-hydrogen) atoms. The zero-order chi connectivity index (χ0) is 30.3. The Hall–Kier alpha value is -4.66. The number of carbonyl (C=O) groups excluding carboxylic acids is 1. The van der Waals surface area contributed by atoms with Crippen molar-refractivity contribution in [3.63, 3.8) is 0 Å². The number of carbonyl (C=O) groups is 1. The van der Waals surface area contributed by atoms with Crippen LogP contribution in [0.2, 0.25) is 0 Å². The van der Waals surface area contributed by atoms with Gasteiger partial charge in [-0.15, -0.1) is 5.92 Å². The Balaban J connectivity index is 1.42. The Labute approximate surface area is 248 Å². The normalized spacial score (nSPS) is 17.1. The maximum atomic E-state index is 14.1. The number of piperidine rings is 1. The Bertz CT molecular complexity index is 1880. The second-order valence-electron chi connectivity index (χ2n) is 12.1. The van der Waals surface area contributed by atoms with Crippen LogP contribution in [0.1, 0.15) is 65.1 Å². The highest BCUT2D eigenvalue weighted by Crippen LogP contribution is 2.36. The van der Waals surface area contributed by atoms with Crippen molar-refractivity contribution in [1.82, 2.24) is 34.0 Å². The quantitative estimate of drug-likeness (QED) is 0.342. The predicted molar refractivity (Wildman–Crippen MR) is 163 cm³/mol. The van der Waals surface area contributed by atoms with Crippen molar-refractivity contribution in [1.29, 1.82) is 0 Å². The first kappa shape index (κ1) is 28.5. The minimum absolute atomic E-state index is 0.0213. The van der Waals surface area contributed by atoms with Crippen molar-refractivity contribution < 1.29 is 9.53 Å². The Morgan fingerprint density at radius 1 is 1.09 bits per heavy atom. The zero-order valence-electron chi connectivity index (χ0n) is 25.0. The van der Waals surface area contributed by atoms with Gasteiger partial charge in [0.25, 0.3) is 5.56 Å². The van der Waals surface area contributed by atoms with Gasteiger partial charge in [-0.25, -0.2) is 14.6 Å². The number of ether oxygens (including phenoxy) is 1.